The molecule has 1 heterocycles. The van der Waals surface area contributed by atoms with Crippen LogP contribution >= 0.6 is 22.9 Å². The Bertz CT molecular complexity index is 1840. The fraction of sp³-hybridized carbons (Fsp3) is 0.161. The normalized spacial score (nSPS) is 11.4. The van der Waals surface area contributed by atoms with Gasteiger partial charge >= 0.3 is 0 Å². The lowest BCUT2D eigenvalue weighted by atomic mass is 10.1. The molecule has 216 valence electrons. The van der Waals surface area contributed by atoms with Gasteiger partial charge in [0.05, 0.1) is 33.7 Å². The van der Waals surface area contributed by atoms with E-state index in [1.54, 1.807) is 55.6 Å². The van der Waals surface area contributed by atoms with Gasteiger partial charge in [-0.3, -0.25) is 4.79 Å². The highest BCUT2D eigenvalue weighted by atomic mass is 35.5. The number of fused-ring (bicyclic) bond motifs is 1. The SMILES string of the molecule is COc1ccc2nc(COc3cccc(C(=O)Nc4cc(CCCS(=O)(=O)c5ccc(Cl)cc5)ccc4O)c3)sc2c1. The van der Waals surface area contributed by atoms with Crippen LogP contribution in [-0.4, -0.2) is 37.3 Å². The number of hydrogen-bond acceptors (Lipinski definition) is 8. The van der Waals surface area contributed by atoms with Crippen molar-refractivity contribution in [2.45, 2.75) is 24.3 Å². The van der Waals surface area contributed by atoms with Crippen molar-refractivity contribution in [3.8, 4) is 17.2 Å². The molecule has 4 aromatic carbocycles. The molecule has 1 aromatic heterocycles. The van der Waals surface area contributed by atoms with E-state index in [-0.39, 0.29) is 28.7 Å². The number of phenolic OH excluding ortho intramolecular Hbond substituents is 1. The minimum absolute atomic E-state index is 0.0464. The van der Waals surface area contributed by atoms with Gasteiger partial charge in [-0.15, -0.1) is 11.3 Å². The number of benzene rings is 4. The van der Waals surface area contributed by atoms with Gasteiger partial charge in [-0.1, -0.05) is 23.7 Å². The lowest BCUT2D eigenvalue weighted by Gasteiger charge is -2.11. The zero-order chi connectivity index (χ0) is 29.7. The molecule has 0 radical (unpaired) electrons. The molecular formula is C31H27ClN2O6S2. The van der Waals surface area contributed by atoms with E-state index in [0.717, 1.165) is 26.5 Å². The molecule has 0 saturated carbocycles. The summed E-state index contributed by atoms with van der Waals surface area (Å²) >= 11 is 7.36. The first-order valence-corrected chi connectivity index (χ1v) is 15.8. The second-order valence-electron chi connectivity index (χ2n) is 9.44. The van der Waals surface area contributed by atoms with Crippen LogP contribution in [0, 0.1) is 0 Å². The minimum Gasteiger partial charge on any atom is -0.506 e. The lowest BCUT2D eigenvalue weighted by Crippen LogP contribution is -2.12. The van der Waals surface area contributed by atoms with E-state index in [2.05, 4.69) is 10.3 Å². The van der Waals surface area contributed by atoms with E-state index in [9.17, 15) is 18.3 Å². The fourth-order valence-electron chi connectivity index (χ4n) is 4.27. The maximum atomic E-state index is 13.0. The molecule has 5 aromatic rings. The van der Waals surface area contributed by atoms with E-state index in [1.807, 2.05) is 18.2 Å². The monoisotopic (exact) mass is 622 g/mol. The molecule has 0 spiro atoms. The van der Waals surface area contributed by atoms with E-state index < -0.39 is 15.7 Å². The maximum absolute atomic E-state index is 13.0. The number of aromatic hydroxyl groups is 1. The molecule has 8 nitrogen and oxygen atoms in total. The molecule has 0 atom stereocenters. The molecule has 0 unspecified atom stereocenters. The Morgan fingerprint density at radius 1 is 1.00 bits per heavy atom. The summed E-state index contributed by atoms with van der Waals surface area (Å²) in [5.74, 6) is 0.691. The summed E-state index contributed by atoms with van der Waals surface area (Å²) in [7, 11) is -1.84. The Labute approximate surface area is 252 Å². The molecule has 5 rings (SSSR count). The van der Waals surface area contributed by atoms with Crippen LogP contribution in [0.25, 0.3) is 10.2 Å². The largest absolute Gasteiger partial charge is 0.506 e. The van der Waals surface area contributed by atoms with Crippen molar-refractivity contribution in [2.75, 3.05) is 18.2 Å². The number of aromatic nitrogens is 1. The molecule has 2 N–H and O–H groups in total. The van der Waals surface area contributed by atoms with Gasteiger partial charge in [0.1, 0.15) is 28.9 Å². The smallest absolute Gasteiger partial charge is 0.255 e. The average Bonchev–Trinajstić information content (AvgIpc) is 3.40. The van der Waals surface area contributed by atoms with E-state index >= 15 is 0 Å². The third-order valence-electron chi connectivity index (χ3n) is 6.46. The summed E-state index contributed by atoms with van der Waals surface area (Å²) in [6.45, 7) is 0.239. The highest BCUT2D eigenvalue weighted by Gasteiger charge is 2.15. The second kappa shape index (κ2) is 12.8. The Balaban J connectivity index is 1.19. The quantitative estimate of drug-likeness (QED) is 0.154. The van der Waals surface area contributed by atoms with Gasteiger partial charge in [0.15, 0.2) is 9.84 Å². The van der Waals surface area contributed by atoms with Crippen molar-refractivity contribution in [1.82, 2.24) is 4.98 Å². The summed E-state index contributed by atoms with van der Waals surface area (Å²) in [5.41, 5.74) is 2.22. The molecule has 42 heavy (non-hydrogen) atoms. The van der Waals surface area contributed by atoms with Crippen LogP contribution in [0.2, 0.25) is 5.02 Å². The first-order chi connectivity index (χ1) is 20.2. The summed E-state index contributed by atoms with van der Waals surface area (Å²) < 4.78 is 37.4. The van der Waals surface area contributed by atoms with Crippen LogP contribution in [0.4, 0.5) is 5.69 Å². The number of sulfone groups is 1. The van der Waals surface area contributed by atoms with Crippen molar-refractivity contribution in [2.24, 2.45) is 0 Å². The molecule has 0 fully saturated rings. The number of halogens is 1. The molecule has 0 saturated heterocycles. The third kappa shape index (κ3) is 7.20. The standard InChI is InChI=1S/C31H27ClN2O6S2/c1-39-23-10-13-26-29(18-23)41-30(33-26)19-40-24-6-2-5-21(17-24)31(36)34-27-16-20(7-14-28(27)35)4-3-15-42(37,38)25-11-8-22(32)9-12-25/h2,5-14,16-18,35H,3-4,15,19H2,1H3,(H,34,36). The van der Waals surface area contributed by atoms with Crippen molar-refractivity contribution in [3.63, 3.8) is 0 Å². The number of carbonyl (C=O) groups is 1. The maximum Gasteiger partial charge on any atom is 0.255 e. The Hall–Kier alpha value is -4.12. The topological polar surface area (TPSA) is 115 Å². The molecular weight excluding hydrogens is 596 g/mol. The molecule has 1 amide bonds. The number of hydrogen-bond donors (Lipinski definition) is 2. The van der Waals surface area contributed by atoms with Crippen molar-refractivity contribution in [1.29, 1.82) is 0 Å². The van der Waals surface area contributed by atoms with E-state index in [1.165, 1.54) is 29.5 Å². The number of anilines is 1. The number of nitrogens with zero attached hydrogens (tertiary/aromatic N) is 1. The molecule has 0 aliphatic rings. The van der Waals surface area contributed by atoms with Crippen LogP contribution in [0.15, 0.2) is 89.8 Å². The lowest BCUT2D eigenvalue weighted by molar-refractivity contribution is 0.102. The van der Waals surface area contributed by atoms with Gasteiger partial charge in [0, 0.05) is 10.6 Å². The van der Waals surface area contributed by atoms with Crippen molar-refractivity contribution >= 4 is 54.6 Å². The minimum atomic E-state index is -3.46. The van der Waals surface area contributed by atoms with E-state index in [0.29, 0.717) is 29.2 Å². The van der Waals surface area contributed by atoms with Crippen LogP contribution in [-0.2, 0) is 22.9 Å². The van der Waals surface area contributed by atoms with Gasteiger partial charge in [0.25, 0.3) is 5.91 Å². The third-order valence-corrected chi connectivity index (χ3v) is 9.52. The summed E-state index contributed by atoms with van der Waals surface area (Å²) in [6, 6.07) is 23.3. The summed E-state index contributed by atoms with van der Waals surface area (Å²) in [4.78, 5) is 17.8. The fourth-order valence-corrected chi connectivity index (χ4v) is 6.62. The van der Waals surface area contributed by atoms with Crippen LogP contribution in [0.5, 0.6) is 17.2 Å². The number of carbonyl (C=O) groups excluding carboxylic acids is 1. The highest BCUT2D eigenvalue weighted by Crippen LogP contribution is 2.28. The molecule has 11 heteroatoms. The Kier molecular flexibility index (Phi) is 8.96. The molecule has 0 aliphatic heterocycles. The number of nitrogens with one attached hydrogen (secondary N) is 1. The van der Waals surface area contributed by atoms with Gasteiger partial charge < -0.3 is 19.9 Å². The molecule has 0 bridgehead atoms. The highest BCUT2D eigenvalue weighted by molar-refractivity contribution is 7.91. The number of amides is 1. The Morgan fingerprint density at radius 2 is 1.81 bits per heavy atom. The number of ether oxygens (including phenoxy) is 2. The van der Waals surface area contributed by atoms with Gasteiger partial charge in [-0.05, 0) is 91.2 Å². The van der Waals surface area contributed by atoms with Crippen LogP contribution in [0.3, 0.4) is 0 Å². The Morgan fingerprint density at radius 3 is 2.60 bits per heavy atom. The van der Waals surface area contributed by atoms with Crippen molar-refractivity contribution < 1.29 is 27.8 Å². The number of aryl methyl sites for hydroxylation is 1. The first-order valence-electron chi connectivity index (χ1n) is 13.0. The van der Waals surface area contributed by atoms with Crippen LogP contribution in [0.1, 0.15) is 27.3 Å². The number of thiazole rings is 1. The van der Waals surface area contributed by atoms with Crippen molar-refractivity contribution in [3.05, 3.63) is 106 Å². The zero-order valence-corrected chi connectivity index (χ0v) is 24.9. The predicted octanol–water partition coefficient (Wildman–Crippen LogP) is 6.90. The molecule has 0 aliphatic carbocycles. The number of rotatable bonds is 11. The number of methoxy groups -OCH3 is 1. The van der Waals surface area contributed by atoms with Crippen LogP contribution < -0.4 is 14.8 Å². The second-order valence-corrected chi connectivity index (χ2v) is 13.1. The van der Waals surface area contributed by atoms with Gasteiger partial charge in [-0.2, -0.15) is 0 Å². The summed E-state index contributed by atoms with van der Waals surface area (Å²) in [6.07, 6.45) is 0.808. The predicted molar refractivity (Wildman–Crippen MR) is 165 cm³/mol. The zero-order valence-electron chi connectivity index (χ0n) is 22.5. The number of phenols is 1. The summed E-state index contributed by atoms with van der Waals surface area (Å²) in [5, 5.41) is 14.3. The van der Waals surface area contributed by atoms with Gasteiger partial charge in [-0.25, -0.2) is 13.4 Å². The van der Waals surface area contributed by atoms with Gasteiger partial charge in [0.2, 0.25) is 0 Å². The first kappa shape index (κ1) is 29.4. The average molecular weight is 623 g/mol. The van der Waals surface area contributed by atoms with E-state index in [4.69, 9.17) is 21.1 Å².